The maximum absolute atomic E-state index is 11.7. The van der Waals surface area contributed by atoms with Gasteiger partial charge in [0, 0.05) is 23.8 Å². The van der Waals surface area contributed by atoms with Crippen LogP contribution in [0.15, 0.2) is 24.5 Å². The average molecular weight is 458 g/mol. The van der Waals surface area contributed by atoms with Crippen molar-refractivity contribution in [3.05, 3.63) is 30.2 Å². The number of rotatable bonds is 2. The lowest BCUT2D eigenvalue weighted by Crippen LogP contribution is -2.33. The van der Waals surface area contributed by atoms with Crippen molar-refractivity contribution < 1.29 is 50.9 Å². The predicted molar refractivity (Wildman–Crippen MR) is 91.5 cm³/mol. The number of pyridine rings is 1. The Balaban J connectivity index is 0.000000288. The van der Waals surface area contributed by atoms with Crippen molar-refractivity contribution in [3.8, 4) is 0 Å². The van der Waals surface area contributed by atoms with E-state index in [1.54, 1.807) is 17.3 Å². The number of alkyl halides is 6. The maximum atomic E-state index is 11.7. The third kappa shape index (κ3) is 8.12. The molecule has 5 N–H and O–H groups in total. The molecule has 0 saturated carbocycles. The normalized spacial score (nSPS) is 16.3. The van der Waals surface area contributed by atoms with E-state index in [2.05, 4.69) is 9.97 Å². The van der Waals surface area contributed by atoms with Crippen molar-refractivity contribution in [1.82, 2.24) is 14.9 Å². The summed E-state index contributed by atoms with van der Waals surface area (Å²) in [6, 6.07) is 3.68. The van der Waals surface area contributed by atoms with E-state index in [9.17, 15) is 31.1 Å². The lowest BCUT2D eigenvalue weighted by Gasteiger charge is -2.14. The summed E-state index contributed by atoms with van der Waals surface area (Å²) in [5, 5.41) is 15.4. The van der Waals surface area contributed by atoms with E-state index in [0.29, 0.717) is 6.54 Å². The third-order valence-electron chi connectivity index (χ3n) is 3.66. The van der Waals surface area contributed by atoms with Gasteiger partial charge in [0.1, 0.15) is 0 Å². The Bertz CT molecular complexity index is 870. The number of nitrogens with one attached hydrogen (secondary N) is 1. The number of hydrogen-bond acceptors (Lipinski definition) is 5. The minimum absolute atomic E-state index is 0.0433. The van der Waals surface area contributed by atoms with Gasteiger partial charge in [-0.1, -0.05) is 0 Å². The van der Waals surface area contributed by atoms with Crippen LogP contribution in [0.25, 0.3) is 10.9 Å². The molecule has 0 radical (unpaired) electrons. The summed E-state index contributed by atoms with van der Waals surface area (Å²) in [5.41, 5.74) is 7.71. The van der Waals surface area contributed by atoms with Crippen molar-refractivity contribution in [1.29, 1.82) is 0 Å². The first kappa shape index (κ1) is 25.7. The van der Waals surface area contributed by atoms with Crippen molar-refractivity contribution in [2.75, 3.05) is 6.54 Å². The number of nitrogens with zero attached hydrogens (tertiary/aromatic N) is 2. The van der Waals surface area contributed by atoms with Crippen molar-refractivity contribution in [3.63, 3.8) is 0 Å². The molecular formula is C16H16F6N4O5. The van der Waals surface area contributed by atoms with E-state index >= 15 is 0 Å². The number of nitrogens with two attached hydrogens (primary N) is 1. The maximum Gasteiger partial charge on any atom is 0.490 e. The van der Waals surface area contributed by atoms with Crippen LogP contribution in [-0.2, 0) is 20.9 Å². The van der Waals surface area contributed by atoms with Crippen LogP contribution in [0.4, 0.5) is 26.3 Å². The topological polar surface area (TPSA) is 150 Å². The molecule has 0 bridgehead atoms. The van der Waals surface area contributed by atoms with Gasteiger partial charge in [-0.15, -0.1) is 0 Å². The number of carboxylic acids is 2. The quantitative estimate of drug-likeness (QED) is 0.502. The highest BCUT2D eigenvalue weighted by molar-refractivity contribution is 5.84. The fraction of sp³-hybridized carbons (Fsp3) is 0.375. The number of aromatic amines is 1. The van der Waals surface area contributed by atoms with Gasteiger partial charge in [0.2, 0.25) is 5.91 Å². The third-order valence-corrected chi connectivity index (χ3v) is 3.66. The molecule has 1 aliphatic heterocycles. The first-order valence-corrected chi connectivity index (χ1v) is 8.19. The van der Waals surface area contributed by atoms with Crippen LogP contribution in [0.5, 0.6) is 0 Å². The van der Waals surface area contributed by atoms with Gasteiger partial charge in [0.15, 0.2) is 0 Å². The number of H-pyrrole nitrogens is 1. The van der Waals surface area contributed by atoms with Crippen LogP contribution in [0, 0.1) is 0 Å². The zero-order valence-electron chi connectivity index (χ0n) is 15.4. The van der Waals surface area contributed by atoms with E-state index in [0.717, 1.165) is 29.6 Å². The Kier molecular flexibility index (Phi) is 8.37. The first-order chi connectivity index (χ1) is 14.1. The molecule has 1 aliphatic rings. The van der Waals surface area contributed by atoms with Gasteiger partial charge in [-0.2, -0.15) is 26.3 Å². The molecule has 172 valence electrons. The first-order valence-electron chi connectivity index (χ1n) is 8.19. The number of aromatic nitrogens is 2. The van der Waals surface area contributed by atoms with Crippen molar-refractivity contribution in [2.24, 2.45) is 5.73 Å². The molecule has 3 rings (SSSR count). The summed E-state index contributed by atoms with van der Waals surface area (Å²) in [4.78, 5) is 38.6. The van der Waals surface area contributed by atoms with Crippen molar-refractivity contribution in [2.45, 2.75) is 31.4 Å². The molecular weight excluding hydrogens is 442 g/mol. The second kappa shape index (κ2) is 10.1. The highest BCUT2D eigenvalue weighted by Crippen LogP contribution is 2.18. The Morgan fingerprint density at radius 2 is 1.68 bits per heavy atom. The highest BCUT2D eigenvalue weighted by atomic mass is 19.4. The Labute approximate surface area is 169 Å². The summed E-state index contributed by atoms with van der Waals surface area (Å²) in [5.74, 6) is -5.47. The van der Waals surface area contributed by atoms with E-state index < -0.39 is 24.3 Å². The molecule has 1 saturated heterocycles. The fourth-order valence-electron chi connectivity index (χ4n) is 2.24. The number of halogens is 6. The standard InChI is InChI=1S/C12H14N4O.2C2HF3O2/c13-10-2-4-16(12(10)17)7-9-5-8-1-3-14-6-11(8)15-9;2*3-2(4,5)1(6)7/h1,3,5-6,10,15H,2,4,7,13H2;2*(H,6,7)/t10-;;/m0../s1. The molecule has 1 atom stereocenters. The number of carbonyl (C=O) groups is 3. The molecule has 31 heavy (non-hydrogen) atoms. The van der Waals surface area contributed by atoms with Gasteiger partial charge in [0.05, 0.1) is 24.3 Å². The van der Waals surface area contributed by atoms with Crippen LogP contribution in [-0.4, -0.2) is 67.9 Å². The molecule has 0 aromatic carbocycles. The summed E-state index contributed by atoms with van der Waals surface area (Å²) in [6.07, 6.45) is -5.87. The zero-order chi connectivity index (χ0) is 24.0. The van der Waals surface area contributed by atoms with Crippen LogP contribution in [0.1, 0.15) is 12.1 Å². The van der Waals surface area contributed by atoms with E-state index in [4.69, 9.17) is 25.5 Å². The number of amides is 1. The van der Waals surface area contributed by atoms with Crippen molar-refractivity contribution >= 4 is 28.7 Å². The van der Waals surface area contributed by atoms with Gasteiger partial charge in [-0.05, 0) is 18.6 Å². The summed E-state index contributed by atoms with van der Waals surface area (Å²) >= 11 is 0. The second-order valence-corrected chi connectivity index (χ2v) is 6.02. The second-order valence-electron chi connectivity index (χ2n) is 6.02. The molecule has 3 heterocycles. The molecule has 9 nitrogen and oxygen atoms in total. The molecule has 15 heteroatoms. The summed E-state index contributed by atoms with van der Waals surface area (Å²) in [7, 11) is 0. The molecule has 1 fully saturated rings. The SMILES string of the molecule is N[C@H]1CCN(Cc2cc3ccncc3[nH]2)C1=O.O=C(O)C(F)(F)F.O=C(O)C(F)(F)F. The number of fused-ring (bicyclic) bond motifs is 1. The molecule has 1 amide bonds. The highest BCUT2D eigenvalue weighted by Gasteiger charge is 2.38. The molecule has 0 spiro atoms. The monoisotopic (exact) mass is 458 g/mol. The van der Waals surface area contributed by atoms with Crippen LogP contribution in [0.3, 0.4) is 0 Å². The van der Waals surface area contributed by atoms with Crippen LogP contribution < -0.4 is 5.73 Å². The average Bonchev–Trinajstić information content (AvgIpc) is 3.19. The smallest absolute Gasteiger partial charge is 0.475 e. The van der Waals surface area contributed by atoms with Gasteiger partial charge in [-0.25, -0.2) is 9.59 Å². The predicted octanol–water partition coefficient (Wildman–Crippen LogP) is 1.89. The number of aliphatic carboxylic acids is 2. The number of likely N-dealkylation sites (tertiary alicyclic amines) is 1. The van der Waals surface area contributed by atoms with E-state index in [1.807, 2.05) is 12.1 Å². The van der Waals surface area contributed by atoms with Gasteiger partial charge >= 0.3 is 24.3 Å². The lowest BCUT2D eigenvalue weighted by molar-refractivity contribution is -0.193. The van der Waals surface area contributed by atoms with Gasteiger partial charge < -0.3 is 25.8 Å². The van der Waals surface area contributed by atoms with E-state index in [-0.39, 0.29) is 11.9 Å². The largest absolute Gasteiger partial charge is 0.490 e. The van der Waals surface area contributed by atoms with Crippen LogP contribution in [0.2, 0.25) is 0 Å². The Hall–Kier alpha value is -3.36. The summed E-state index contributed by atoms with van der Waals surface area (Å²) < 4.78 is 63.5. The minimum Gasteiger partial charge on any atom is -0.475 e. The zero-order valence-corrected chi connectivity index (χ0v) is 15.4. The van der Waals surface area contributed by atoms with Gasteiger partial charge in [0.25, 0.3) is 0 Å². The fourth-order valence-corrected chi connectivity index (χ4v) is 2.24. The lowest BCUT2D eigenvalue weighted by atomic mass is 10.3. The Morgan fingerprint density at radius 3 is 2.06 bits per heavy atom. The number of carbonyl (C=O) groups excluding carboxylic acids is 1. The van der Waals surface area contributed by atoms with E-state index in [1.165, 1.54) is 0 Å². The van der Waals surface area contributed by atoms with Gasteiger partial charge in [-0.3, -0.25) is 9.78 Å². The molecule has 2 aromatic rings. The minimum atomic E-state index is -5.08. The molecule has 2 aromatic heterocycles. The van der Waals surface area contributed by atoms with Crippen LogP contribution >= 0.6 is 0 Å². The molecule has 0 aliphatic carbocycles. The Morgan fingerprint density at radius 1 is 1.16 bits per heavy atom. The number of hydrogen-bond donors (Lipinski definition) is 4. The number of carboxylic acid groups (broad SMARTS) is 2. The molecule has 0 unspecified atom stereocenters. The summed E-state index contributed by atoms with van der Waals surface area (Å²) in [6.45, 7) is 1.34.